The summed E-state index contributed by atoms with van der Waals surface area (Å²) in [7, 11) is 0.772. The number of ether oxygens (including phenoxy) is 1. The van der Waals surface area contributed by atoms with E-state index in [4.69, 9.17) is 23.7 Å². The lowest BCUT2D eigenvalue weighted by Gasteiger charge is -2.20. The molecule has 0 radical (unpaired) electrons. The Labute approximate surface area is 136 Å². The maximum absolute atomic E-state index is 10.6. The van der Waals surface area contributed by atoms with Crippen molar-refractivity contribution in [3.63, 3.8) is 0 Å². The number of rotatable bonds is 12. The second kappa shape index (κ2) is 16.6. The highest BCUT2D eigenvalue weighted by Crippen LogP contribution is 2.05. The Balaban J connectivity index is 0. The molecule has 0 saturated heterocycles. The summed E-state index contributed by atoms with van der Waals surface area (Å²) in [6, 6.07) is 0. The Bertz CT molecular complexity index is 273. The van der Waals surface area contributed by atoms with Crippen molar-refractivity contribution in [1.82, 2.24) is 0 Å². The molecule has 0 bridgehead atoms. The van der Waals surface area contributed by atoms with Gasteiger partial charge in [-0.2, -0.15) is 0 Å². The predicted octanol–water partition coefficient (Wildman–Crippen LogP) is 2.86. The van der Waals surface area contributed by atoms with E-state index >= 15 is 0 Å². The molecule has 0 atom stereocenters. The van der Waals surface area contributed by atoms with E-state index < -0.39 is 8.80 Å². The lowest BCUT2D eigenvalue weighted by atomic mass is 10.1. The zero-order valence-electron chi connectivity index (χ0n) is 14.6. The molecule has 0 aromatic heterocycles. The molecule has 0 heterocycles. The summed E-state index contributed by atoms with van der Waals surface area (Å²) >= 11 is 0. The predicted molar refractivity (Wildman–Crippen MR) is 90.3 cm³/mol. The van der Waals surface area contributed by atoms with Crippen LogP contribution in [0.5, 0.6) is 0 Å². The molecule has 2 N–H and O–H groups in total. The van der Waals surface area contributed by atoms with E-state index in [1.165, 1.54) is 31.8 Å². The summed E-state index contributed by atoms with van der Waals surface area (Å²) in [5, 5.41) is 0. The first kappa shape index (κ1) is 23.5. The molecule has 0 aliphatic rings. The van der Waals surface area contributed by atoms with E-state index in [9.17, 15) is 4.79 Å². The van der Waals surface area contributed by atoms with Gasteiger partial charge in [0.2, 0.25) is 0 Å². The van der Waals surface area contributed by atoms with Crippen molar-refractivity contribution in [2.45, 2.75) is 52.0 Å². The third-order valence-electron chi connectivity index (χ3n) is 3.00. The molecule has 132 valence electrons. The standard InChI is InChI=1S/C11H20O2.C4H13NO3Si/c1-3-5-6-7-8-9-10-13-11(12)4-2;1-6-9(3,7-2)8-4-5/h4H,2-3,5-10H2,1H3;4-5H2,1-3H3. The van der Waals surface area contributed by atoms with Crippen molar-refractivity contribution < 1.29 is 22.8 Å². The molecule has 22 heavy (non-hydrogen) atoms. The van der Waals surface area contributed by atoms with E-state index in [1.807, 2.05) is 0 Å². The summed E-state index contributed by atoms with van der Waals surface area (Å²) in [6.45, 7) is 7.99. The quantitative estimate of drug-likeness (QED) is 0.194. The first-order valence-corrected chi connectivity index (χ1v) is 9.95. The summed E-state index contributed by atoms with van der Waals surface area (Å²) in [4.78, 5) is 10.6. The minimum atomic E-state index is -2.32. The first-order valence-electron chi connectivity index (χ1n) is 7.73. The number of nitrogens with two attached hydrogens (primary N) is 1. The van der Waals surface area contributed by atoms with Gasteiger partial charge in [-0.05, 0) is 6.42 Å². The molecular weight excluding hydrogens is 302 g/mol. The molecule has 0 aliphatic heterocycles. The second-order valence-electron chi connectivity index (χ2n) is 4.72. The van der Waals surface area contributed by atoms with Crippen molar-refractivity contribution in [1.29, 1.82) is 0 Å². The van der Waals surface area contributed by atoms with Gasteiger partial charge in [-0.25, -0.2) is 4.79 Å². The van der Waals surface area contributed by atoms with Gasteiger partial charge in [0.05, 0.1) is 13.3 Å². The maximum atomic E-state index is 10.6. The Morgan fingerprint density at radius 3 is 2.09 bits per heavy atom. The van der Waals surface area contributed by atoms with Crippen LogP contribution in [0.4, 0.5) is 0 Å². The van der Waals surface area contributed by atoms with Gasteiger partial charge in [-0.15, -0.1) is 0 Å². The van der Waals surface area contributed by atoms with Crippen molar-refractivity contribution in [2.75, 3.05) is 27.6 Å². The third-order valence-corrected chi connectivity index (χ3v) is 5.17. The van der Waals surface area contributed by atoms with Crippen LogP contribution < -0.4 is 5.73 Å². The van der Waals surface area contributed by atoms with Gasteiger partial charge in [0.25, 0.3) is 0 Å². The topological polar surface area (TPSA) is 80.0 Å². The van der Waals surface area contributed by atoms with Crippen molar-refractivity contribution >= 4 is 14.8 Å². The summed E-state index contributed by atoms with van der Waals surface area (Å²) in [5.41, 5.74) is 5.12. The van der Waals surface area contributed by atoms with Crippen LogP contribution in [-0.2, 0) is 22.8 Å². The molecule has 0 amide bonds. The normalized spacial score (nSPS) is 10.6. The molecule has 0 aliphatic carbocycles. The lowest BCUT2D eigenvalue weighted by molar-refractivity contribution is -0.137. The molecule has 0 rings (SSSR count). The van der Waals surface area contributed by atoms with Crippen LogP contribution in [0.2, 0.25) is 6.55 Å². The number of hydrogen-bond acceptors (Lipinski definition) is 6. The molecule has 0 unspecified atom stereocenters. The lowest BCUT2D eigenvalue weighted by Crippen LogP contribution is -2.41. The summed E-state index contributed by atoms with van der Waals surface area (Å²) < 4.78 is 19.7. The van der Waals surface area contributed by atoms with Gasteiger partial charge in [0.15, 0.2) is 0 Å². The van der Waals surface area contributed by atoms with Crippen LogP contribution in [0.25, 0.3) is 0 Å². The Kier molecular flexibility index (Phi) is 17.8. The number of carbonyl (C=O) groups excluding carboxylic acids is 1. The number of hydrogen-bond donors (Lipinski definition) is 1. The van der Waals surface area contributed by atoms with E-state index in [2.05, 4.69) is 13.5 Å². The highest BCUT2D eigenvalue weighted by molar-refractivity contribution is 6.59. The van der Waals surface area contributed by atoms with Gasteiger partial charge in [0, 0.05) is 26.8 Å². The first-order chi connectivity index (χ1) is 10.5. The zero-order chi connectivity index (χ0) is 17.3. The highest BCUT2D eigenvalue weighted by Gasteiger charge is 2.30. The van der Waals surface area contributed by atoms with E-state index in [0.29, 0.717) is 6.61 Å². The zero-order valence-corrected chi connectivity index (χ0v) is 15.6. The average molecular weight is 336 g/mol. The fourth-order valence-electron chi connectivity index (χ4n) is 1.47. The Morgan fingerprint density at radius 2 is 1.68 bits per heavy atom. The van der Waals surface area contributed by atoms with Crippen molar-refractivity contribution in [3.05, 3.63) is 12.7 Å². The van der Waals surface area contributed by atoms with Gasteiger partial charge < -0.3 is 23.7 Å². The molecular formula is C15H33NO5Si. The van der Waals surface area contributed by atoms with Gasteiger partial charge in [-0.1, -0.05) is 45.6 Å². The van der Waals surface area contributed by atoms with Crippen LogP contribution in [0.1, 0.15) is 45.4 Å². The number of unbranched alkanes of at least 4 members (excludes halogenated alkanes) is 5. The highest BCUT2D eigenvalue weighted by atomic mass is 28.4. The maximum Gasteiger partial charge on any atom is 0.498 e. The monoisotopic (exact) mass is 335 g/mol. The number of carbonyl (C=O) groups is 1. The largest absolute Gasteiger partial charge is 0.498 e. The van der Waals surface area contributed by atoms with Gasteiger partial charge in [-0.3, -0.25) is 0 Å². The van der Waals surface area contributed by atoms with Crippen LogP contribution in [0.3, 0.4) is 0 Å². The smallest absolute Gasteiger partial charge is 0.463 e. The minimum Gasteiger partial charge on any atom is -0.463 e. The molecule has 6 nitrogen and oxygen atoms in total. The fourth-order valence-corrected chi connectivity index (χ4v) is 2.17. The molecule has 7 heteroatoms. The van der Waals surface area contributed by atoms with Crippen LogP contribution in [-0.4, -0.2) is 42.3 Å². The number of esters is 1. The van der Waals surface area contributed by atoms with Gasteiger partial charge in [0.1, 0.15) is 0 Å². The molecule has 0 aromatic carbocycles. The van der Waals surface area contributed by atoms with Crippen LogP contribution in [0, 0.1) is 0 Å². The molecule has 0 spiro atoms. The minimum absolute atomic E-state index is 0.143. The van der Waals surface area contributed by atoms with Crippen LogP contribution >= 0.6 is 0 Å². The Hall–Kier alpha value is -0.733. The molecule has 0 aromatic rings. The Morgan fingerprint density at radius 1 is 1.14 bits per heavy atom. The van der Waals surface area contributed by atoms with E-state index in [0.717, 1.165) is 12.8 Å². The summed E-state index contributed by atoms with van der Waals surface area (Å²) in [5.74, 6) is -0.312. The second-order valence-corrected chi connectivity index (χ2v) is 7.55. The average Bonchev–Trinajstić information content (AvgIpc) is 2.54. The fraction of sp³-hybridized carbons (Fsp3) is 0.800. The van der Waals surface area contributed by atoms with E-state index in [-0.39, 0.29) is 12.7 Å². The molecule has 0 saturated carbocycles. The van der Waals surface area contributed by atoms with Crippen molar-refractivity contribution in [2.24, 2.45) is 5.73 Å². The van der Waals surface area contributed by atoms with Crippen LogP contribution in [0.15, 0.2) is 12.7 Å². The summed E-state index contributed by atoms with van der Waals surface area (Å²) in [6.07, 6.45) is 8.47. The SMILES string of the molecule is C=CC(=O)OCCCCCCCC.CO[Si](C)(OC)OCN. The van der Waals surface area contributed by atoms with Crippen molar-refractivity contribution in [3.8, 4) is 0 Å². The third kappa shape index (κ3) is 15.7. The molecule has 0 fully saturated rings. The van der Waals surface area contributed by atoms with Gasteiger partial charge >= 0.3 is 14.8 Å². The van der Waals surface area contributed by atoms with E-state index in [1.54, 1.807) is 20.8 Å².